The highest BCUT2D eigenvalue weighted by molar-refractivity contribution is 7.89. The second-order valence-electron chi connectivity index (χ2n) is 3.19. The summed E-state index contributed by atoms with van der Waals surface area (Å²) in [5.41, 5.74) is 0. The molecular formula is C10H23NO5S. The van der Waals surface area contributed by atoms with Crippen LogP contribution in [0, 0.1) is 0 Å². The van der Waals surface area contributed by atoms with Crippen molar-refractivity contribution in [1.82, 2.24) is 4.72 Å². The zero-order valence-corrected chi connectivity index (χ0v) is 10.6. The molecule has 0 rings (SSSR count). The van der Waals surface area contributed by atoms with Crippen molar-refractivity contribution in [1.29, 1.82) is 0 Å². The van der Waals surface area contributed by atoms with E-state index in [9.17, 15) is 18.0 Å². The van der Waals surface area contributed by atoms with E-state index >= 15 is 0 Å². The van der Waals surface area contributed by atoms with E-state index < -0.39 is 21.9 Å². The van der Waals surface area contributed by atoms with Crippen molar-refractivity contribution in [3.8, 4) is 0 Å². The molecule has 17 heavy (non-hydrogen) atoms. The molecule has 6 nitrogen and oxygen atoms in total. The molecule has 0 radical (unpaired) electrons. The smallest absolute Gasteiger partial charge is 0.303 e. The minimum absolute atomic E-state index is 0. The van der Waals surface area contributed by atoms with Crippen molar-refractivity contribution >= 4 is 21.9 Å². The van der Waals surface area contributed by atoms with Gasteiger partial charge in [0.15, 0.2) is 0 Å². The number of rotatable bonds is 5. The van der Waals surface area contributed by atoms with Crippen LogP contribution < -0.4 is 4.72 Å². The minimum Gasteiger partial charge on any atom is -0.481 e. The summed E-state index contributed by atoms with van der Waals surface area (Å²) in [6, 6.07) is 0. The molecule has 0 atom stereocenters. The quantitative estimate of drug-likeness (QED) is 0.785. The Morgan fingerprint density at radius 2 is 1.53 bits per heavy atom. The number of hydrogen-bond donors (Lipinski definition) is 2. The van der Waals surface area contributed by atoms with Gasteiger partial charge in [0.05, 0.1) is 6.26 Å². The fraction of sp³-hybridized carbons (Fsp3) is 0.800. The first-order valence-corrected chi connectivity index (χ1v) is 6.84. The summed E-state index contributed by atoms with van der Waals surface area (Å²) in [6.07, 6.45) is 2.89. The average Bonchev–Trinajstić information content (AvgIpc) is 2.01. The van der Waals surface area contributed by atoms with Crippen LogP contribution in [0.3, 0.4) is 0 Å². The standard InChI is InChI=1S/C5H11NO3S.C4H8O2.CH4/c1-3-4-5(7)6-10(2,8)9;1-2-3-4(5)6;/h3-4H2,1-2H3,(H,6,7);2-3H2,1H3,(H,5,6);1H4. The summed E-state index contributed by atoms with van der Waals surface area (Å²) in [4.78, 5) is 20.2. The first kappa shape index (κ1) is 21.2. The van der Waals surface area contributed by atoms with Crippen molar-refractivity contribution in [3.63, 3.8) is 0 Å². The lowest BCUT2D eigenvalue weighted by Crippen LogP contribution is -2.28. The summed E-state index contributed by atoms with van der Waals surface area (Å²) >= 11 is 0. The van der Waals surface area contributed by atoms with Gasteiger partial charge in [-0.3, -0.25) is 14.3 Å². The molecule has 0 heterocycles. The SMILES string of the molecule is C.CCCC(=O)NS(C)(=O)=O.CCCC(=O)O. The number of sulfonamides is 1. The fourth-order valence-electron chi connectivity index (χ4n) is 0.699. The summed E-state index contributed by atoms with van der Waals surface area (Å²) in [6.45, 7) is 3.65. The molecule has 2 N–H and O–H groups in total. The van der Waals surface area contributed by atoms with Crippen molar-refractivity contribution < 1.29 is 23.1 Å². The Kier molecular flexibility index (Phi) is 14.2. The van der Waals surface area contributed by atoms with Gasteiger partial charge in [-0.05, 0) is 12.8 Å². The largest absolute Gasteiger partial charge is 0.481 e. The highest BCUT2D eigenvalue weighted by atomic mass is 32.2. The second-order valence-corrected chi connectivity index (χ2v) is 4.94. The first-order chi connectivity index (χ1) is 7.22. The van der Waals surface area contributed by atoms with E-state index in [0.717, 1.165) is 12.7 Å². The van der Waals surface area contributed by atoms with E-state index in [-0.39, 0.29) is 13.8 Å². The number of carboxylic acids is 1. The van der Waals surface area contributed by atoms with E-state index in [0.29, 0.717) is 12.8 Å². The lowest BCUT2D eigenvalue weighted by Gasteiger charge is -1.98. The topological polar surface area (TPSA) is 101 Å². The van der Waals surface area contributed by atoms with Crippen LogP contribution >= 0.6 is 0 Å². The van der Waals surface area contributed by atoms with Gasteiger partial charge in [0.1, 0.15) is 0 Å². The maximum Gasteiger partial charge on any atom is 0.303 e. The van der Waals surface area contributed by atoms with Crippen LogP contribution in [0.1, 0.15) is 47.0 Å². The van der Waals surface area contributed by atoms with E-state index in [1.165, 1.54) is 0 Å². The van der Waals surface area contributed by atoms with Crippen molar-refractivity contribution in [3.05, 3.63) is 0 Å². The molecule has 0 saturated carbocycles. The van der Waals surface area contributed by atoms with Gasteiger partial charge >= 0.3 is 5.97 Å². The third kappa shape index (κ3) is 25.3. The highest BCUT2D eigenvalue weighted by Gasteiger charge is 2.05. The predicted molar refractivity (Wildman–Crippen MR) is 67.2 cm³/mol. The summed E-state index contributed by atoms with van der Waals surface area (Å²) < 4.78 is 22.6. The monoisotopic (exact) mass is 269 g/mol. The van der Waals surface area contributed by atoms with E-state index in [1.807, 2.05) is 18.6 Å². The molecule has 104 valence electrons. The third-order valence-electron chi connectivity index (χ3n) is 1.24. The molecule has 0 spiro atoms. The molecule has 0 saturated heterocycles. The van der Waals surface area contributed by atoms with Crippen molar-refractivity contribution in [2.75, 3.05) is 6.26 Å². The van der Waals surface area contributed by atoms with Crippen LogP contribution in [0.5, 0.6) is 0 Å². The molecular weight excluding hydrogens is 246 g/mol. The number of carbonyl (C=O) groups excluding carboxylic acids is 1. The fourth-order valence-corrected chi connectivity index (χ4v) is 1.21. The zero-order valence-electron chi connectivity index (χ0n) is 9.82. The van der Waals surface area contributed by atoms with Crippen LogP contribution in [0.25, 0.3) is 0 Å². The number of carbonyl (C=O) groups is 2. The van der Waals surface area contributed by atoms with Crippen molar-refractivity contribution in [2.45, 2.75) is 47.0 Å². The molecule has 0 unspecified atom stereocenters. The van der Waals surface area contributed by atoms with Crippen LogP contribution in [-0.4, -0.2) is 31.7 Å². The minimum atomic E-state index is -3.35. The molecule has 1 amide bonds. The number of amides is 1. The lowest BCUT2D eigenvalue weighted by atomic mass is 10.3. The Morgan fingerprint density at radius 3 is 1.71 bits per heavy atom. The van der Waals surface area contributed by atoms with Gasteiger partial charge in [-0.1, -0.05) is 21.3 Å². The van der Waals surface area contributed by atoms with Crippen LogP contribution in [0.4, 0.5) is 0 Å². The van der Waals surface area contributed by atoms with Gasteiger partial charge in [0.25, 0.3) is 0 Å². The Morgan fingerprint density at radius 1 is 1.12 bits per heavy atom. The van der Waals surface area contributed by atoms with E-state index in [1.54, 1.807) is 0 Å². The molecule has 0 fully saturated rings. The molecule has 0 aromatic carbocycles. The number of hydrogen-bond acceptors (Lipinski definition) is 4. The molecule has 0 aromatic rings. The first-order valence-electron chi connectivity index (χ1n) is 4.95. The maximum atomic E-state index is 10.6. The summed E-state index contributed by atoms with van der Waals surface area (Å²) in [7, 11) is -3.35. The normalized spacial score (nSPS) is 9.35. The Balaban J connectivity index is -0.000000244. The van der Waals surface area contributed by atoms with Crippen LogP contribution in [-0.2, 0) is 19.6 Å². The second kappa shape index (κ2) is 11.4. The van der Waals surface area contributed by atoms with Crippen molar-refractivity contribution in [2.24, 2.45) is 0 Å². The third-order valence-corrected chi connectivity index (χ3v) is 1.84. The average molecular weight is 269 g/mol. The molecule has 0 aromatic heterocycles. The molecule has 0 aliphatic carbocycles. The maximum absolute atomic E-state index is 10.6. The van der Waals surface area contributed by atoms with Gasteiger partial charge in [-0.2, -0.15) is 0 Å². The summed E-state index contributed by atoms with van der Waals surface area (Å²) in [5.74, 6) is -1.15. The van der Waals surface area contributed by atoms with E-state index in [4.69, 9.17) is 5.11 Å². The number of nitrogens with one attached hydrogen (secondary N) is 1. The Labute approximate surface area is 103 Å². The van der Waals surface area contributed by atoms with Gasteiger partial charge < -0.3 is 5.11 Å². The van der Waals surface area contributed by atoms with Gasteiger partial charge in [-0.15, -0.1) is 0 Å². The van der Waals surface area contributed by atoms with Gasteiger partial charge in [0, 0.05) is 12.8 Å². The number of carboxylic acid groups (broad SMARTS) is 1. The van der Waals surface area contributed by atoms with Crippen LogP contribution in [0.15, 0.2) is 0 Å². The predicted octanol–water partition coefficient (Wildman–Crippen LogP) is 1.37. The molecule has 7 heteroatoms. The Bertz CT molecular complexity index is 311. The molecule has 0 aliphatic heterocycles. The van der Waals surface area contributed by atoms with Gasteiger partial charge in [-0.25, -0.2) is 8.42 Å². The Hall–Kier alpha value is -1.11. The summed E-state index contributed by atoms with van der Waals surface area (Å²) in [5, 5.41) is 7.91. The van der Waals surface area contributed by atoms with E-state index in [2.05, 4.69) is 0 Å². The van der Waals surface area contributed by atoms with Crippen LogP contribution in [0.2, 0.25) is 0 Å². The zero-order chi connectivity index (χ0) is 13.2. The lowest BCUT2D eigenvalue weighted by molar-refractivity contribution is -0.137. The molecule has 0 aliphatic rings. The highest BCUT2D eigenvalue weighted by Crippen LogP contribution is 1.86. The number of aliphatic carboxylic acids is 1. The molecule has 0 bridgehead atoms. The van der Waals surface area contributed by atoms with Gasteiger partial charge in [0.2, 0.25) is 15.9 Å².